The van der Waals surface area contributed by atoms with Gasteiger partial charge in [-0.1, -0.05) is 22.0 Å². The second-order valence-corrected chi connectivity index (χ2v) is 7.13. The lowest BCUT2D eigenvalue weighted by molar-refractivity contribution is 0.0702. The molecule has 0 unspecified atom stereocenters. The summed E-state index contributed by atoms with van der Waals surface area (Å²) in [5.74, 6) is -0.393. The molecule has 0 radical (unpaired) electrons. The van der Waals surface area contributed by atoms with Gasteiger partial charge in [0, 0.05) is 15.8 Å². The number of nitrogens with zero attached hydrogens (tertiary/aromatic N) is 2. The molecule has 0 aliphatic heterocycles. The van der Waals surface area contributed by atoms with Gasteiger partial charge in [0.2, 0.25) is 0 Å². The van der Waals surface area contributed by atoms with Gasteiger partial charge in [-0.25, -0.2) is 9.48 Å². The summed E-state index contributed by atoms with van der Waals surface area (Å²) in [6, 6.07) is 9.65. The SMILES string of the molecule is O=C(O)c1cc2c(C3CC3)nn(-c3cccc(Br)c3)c2s1. The number of benzene rings is 1. The van der Waals surface area contributed by atoms with Crippen LogP contribution in [0, 0.1) is 0 Å². The molecule has 1 saturated carbocycles. The molecule has 0 amide bonds. The molecule has 1 aliphatic carbocycles. The minimum absolute atomic E-state index is 0.369. The summed E-state index contributed by atoms with van der Waals surface area (Å²) >= 11 is 4.75. The summed E-state index contributed by atoms with van der Waals surface area (Å²) in [6.07, 6.45) is 2.28. The molecule has 0 spiro atoms. The molecule has 1 aliphatic rings. The number of rotatable bonds is 3. The predicted octanol–water partition coefficient (Wildman–Crippen LogP) is 4.43. The number of halogens is 1. The molecule has 6 heteroatoms. The maximum Gasteiger partial charge on any atom is 0.345 e. The van der Waals surface area contributed by atoms with Crippen LogP contribution in [0.1, 0.15) is 34.1 Å². The highest BCUT2D eigenvalue weighted by Crippen LogP contribution is 2.44. The summed E-state index contributed by atoms with van der Waals surface area (Å²) < 4.78 is 2.84. The van der Waals surface area contributed by atoms with Crippen LogP contribution in [0.4, 0.5) is 0 Å². The number of hydrogen-bond donors (Lipinski definition) is 1. The molecule has 3 aromatic rings. The van der Waals surface area contributed by atoms with E-state index in [0.29, 0.717) is 10.8 Å². The number of aromatic nitrogens is 2. The Morgan fingerprint density at radius 1 is 1.38 bits per heavy atom. The zero-order valence-corrected chi connectivity index (χ0v) is 13.3. The third kappa shape index (κ3) is 2.18. The number of fused-ring (bicyclic) bond motifs is 1. The van der Waals surface area contributed by atoms with E-state index in [0.717, 1.165) is 38.9 Å². The normalized spacial score (nSPS) is 14.7. The molecule has 1 N–H and O–H groups in total. The molecule has 106 valence electrons. The van der Waals surface area contributed by atoms with Gasteiger partial charge in [0.25, 0.3) is 0 Å². The molecule has 0 atom stereocenters. The van der Waals surface area contributed by atoms with Gasteiger partial charge in [-0.15, -0.1) is 11.3 Å². The van der Waals surface area contributed by atoms with Crippen LogP contribution in [0.5, 0.6) is 0 Å². The van der Waals surface area contributed by atoms with Gasteiger partial charge in [-0.2, -0.15) is 5.10 Å². The van der Waals surface area contributed by atoms with Crippen LogP contribution < -0.4 is 0 Å². The van der Waals surface area contributed by atoms with Gasteiger partial charge in [0.1, 0.15) is 9.71 Å². The summed E-state index contributed by atoms with van der Waals surface area (Å²) in [5.41, 5.74) is 1.98. The van der Waals surface area contributed by atoms with Crippen LogP contribution >= 0.6 is 27.3 Å². The van der Waals surface area contributed by atoms with Crippen molar-refractivity contribution in [2.24, 2.45) is 0 Å². The maximum absolute atomic E-state index is 11.2. The average Bonchev–Trinajstić information content (AvgIpc) is 3.08. The van der Waals surface area contributed by atoms with E-state index in [-0.39, 0.29) is 0 Å². The van der Waals surface area contributed by atoms with Crippen molar-refractivity contribution in [2.45, 2.75) is 18.8 Å². The summed E-state index contributed by atoms with van der Waals surface area (Å²) in [4.78, 5) is 12.5. The van der Waals surface area contributed by atoms with Crippen LogP contribution in [0.2, 0.25) is 0 Å². The highest BCUT2D eigenvalue weighted by molar-refractivity contribution is 9.10. The van der Waals surface area contributed by atoms with Crippen molar-refractivity contribution < 1.29 is 9.90 Å². The van der Waals surface area contributed by atoms with Gasteiger partial charge in [0.15, 0.2) is 0 Å². The fraction of sp³-hybridized carbons (Fsp3) is 0.200. The summed E-state index contributed by atoms with van der Waals surface area (Å²) in [6.45, 7) is 0. The van der Waals surface area contributed by atoms with Gasteiger partial charge >= 0.3 is 5.97 Å². The molecule has 4 rings (SSSR count). The Hall–Kier alpha value is -1.66. The van der Waals surface area contributed by atoms with Gasteiger partial charge in [-0.3, -0.25) is 0 Å². The molecule has 21 heavy (non-hydrogen) atoms. The predicted molar refractivity (Wildman–Crippen MR) is 85.6 cm³/mol. The number of hydrogen-bond acceptors (Lipinski definition) is 3. The van der Waals surface area contributed by atoms with Crippen molar-refractivity contribution in [3.63, 3.8) is 0 Å². The maximum atomic E-state index is 11.2. The van der Waals surface area contributed by atoms with E-state index in [2.05, 4.69) is 15.9 Å². The first kappa shape index (κ1) is 13.0. The number of thiophene rings is 1. The monoisotopic (exact) mass is 362 g/mol. The minimum atomic E-state index is -0.876. The Morgan fingerprint density at radius 3 is 2.86 bits per heavy atom. The summed E-state index contributed by atoms with van der Waals surface area (Å²) in [5, 5.41) is 15.0. The number of carbonyl (C=O) groups is 1. The fourth-order valence-corrected chi connectivity index (χ4v) is 3.84. The topological polar surface area (TPSA) is 55.1 Å². The van der Waals surface area contributed by atoms with Crippen molar-refractivity contribution in [3.8, 4) is 5.69 Å². The Morgan fingerprint density at radius 2 is 2.19 bits per heavy atom. The highest BCUT2D eigenvalue weighted by atomic mass is 79.9. The number of carboxylic acids is 1. The second-order valence-electron chi connectivity index (χ2n) is 5.19. The average molecular weight is 363 g/mol. The molecule has 0 bridgehead atoms. The van der Waals surface area contributed by atoms with E-state index in [4.69, 9.17) is 5.10 Å². The zero-order valence-electron chi connectivity index (χ0n) is 10.9. The first-order chi connectivity index (χ1) is 10.1. The Labute approximate surface area is 133 Å². The Bertz CT molecular complexity index is 864. The highest BCUT2D eigenvalue weighted by Gasteiger charge is 2.30. The van der Waals surface area contributed by atoms with E-state index < -0.39 is 5.97 Å². The lowest BCUT2D eigenvalue weighted by Gasteiger charge is -2.02. The molecule has 0 saturated heterocycles. The number of carboxylic acid groups (broad SMARTS) is 1. The Kier molecular flexibility index (Phi) is 2.90. The summed E-state index contributed by atoms with van der Waals surface area (Å²) in [7, 11) is 0. The van der Waals surface area contributed by atoms with Crippen molar-refractivity contribution >= 4 is 43.5 Å². The van der Waals surface area contributed by atoms with Crippen molar-refractivity contribution in [1.29, 1.82) is 0 Å². The van der Waals surface area contributed by atoms with E-state index in [1.807, 2.05) is 28.9 Å². The van der Waals surface area contributed by atoms with Crippen LogP contribution in [0.25, 0.3) is 15.9 Å². The van der Waals surface area contributed by atoms with Crippen LogP contribution in [0.3, 0.4) is 0 Å². The third-order valence-electron chi connectivity index (χ3n) is 3.62. The quantitative estimate of drug-likeness (QED) is 0.749. The molecule has 1 aromatic carbocycles. The lowest BCUT2D eigenvalue weighted by atomic mass is 10.2. The molecular weight excluding hydrogens is 352 g/mol. The van der Waals surface area contributed by atoms with Crippen LogP contribution in [-0.4, -0.2) is 20.9 Å². The van der Waals surface area contributed by atoms with E-state index in [1.54, 1.807) is 6.07 Å². The van der Waals surface area contributed by atoms with E-state index in [9.17, 15) is 9.90 Å². The van der Waals surface area contributed by atoms with Crippen molar-refractivity contribution in [1.82, 2.24) is 9.78 Å². The number of aromatic carboxylic acids is 1. The molecule has 2 heterocycles. The first-order valence-electron chi connectivity index (χ1n) is 6.65. The lowest BCUT2D eigenvalue weighted by Crippen LogP contribution is -1.97. The molecule has 1 fully saturated rings. The van der Waals surface area contributed by atoms with Crippen molar-refractivity contribution in [2.75, 3.05) is 0 Å². The van der Waals surface area contributed by atoms with Gasteiger partial charge in [-0.05, 0) is 37.1 Å². The van der Waals surface area contributed by atoms with Crippen LogP contribution in [0.15, 0.2) is 34.8 Å². The smallest absolute Gasteiger partial charge is 0.345 e. The minimum Gasteiger partial charge on any atom is -0.477 e. The molecular formula is C15H11BrN2O2S. The standard InChI is InChI=1S/C15H11BrN2O2S/c16-9-2-1-3-10(6-9)18-14-11(7-12(21-14)15(19)20)13(17-18)8-4-5-8/h1-3,6-8H,4-5H2,(H,19,20). The van der Waals surface area contributed by atoms with E-state index >= 15 is 0 Å². The molecule has 2 aromatic heterocycles. The molecule has 4 nitrogen and oxygen atoms in total. The largest absolute Gasteiger partial charge is 0.477 e. The second kappa shape index (κ2) is 4.68. The zero-order chi connectivity index (χ0) is 14.6. The first-order valence-corrected chi connectivity index (χ1v) is 8.26. The van der Waals surface area contributed by atoms with Gasteiger partial charge < -0.3 is 5.11 Å². The Balaban J connectivity index is 1.97. The third-order valence-corrected chi connectivity index (χ3v) is 5.21. The van der Waals surface area contributed by atoms with Crippen molar-refractivity contribution in [3.05, 3.63) is 45.4 Å². The van der Waals surface area contributed by atoms with Gasteiger partial charge in [0.05, 0.1) is 11.4 Å². The fourth-order valence-electron chi connectivity index (χ4n) is 2.48. The van der Waals surface area contributed by atoms with E-state index in [1.165, 1.54) is 11.3 Å². The van der Waals surface area contributed by atoms with Crippen LogP contribution in [-0.2, 0) is 0 Å².